The number of rotatable bonds is 8. The lowest BCUT2D eigenvalue weighted by molar-refractivity contribution is 0.0773. The Labute approximate surface area is 208 Å². The van der Waals surface area contributed by atoms with Crippen LogP contribution in [0.15, 0.2) is 72.8 Å². The second-order valence-corrected chi connectivity index (χ2v) is 9.32. The normalized spacial score (nSPS) is 18.3. The third-order valence-corrected chi connectivity index (χ3v) is 7.22. The first kappa shape index (κ1) is 24.9. The number of hydrogen-bond acceptors (Lipinski definition) is 3. The fourth-order valence-corrected chi connectivity index (χ4v) is 5.34. The maximum Gasteiger partial charge on any atom is 0.253 e. The van der Waals surface area contributed by atoms with Gasteiger partial charge in [-0.15, -0.1) is 0 Å². The molecule has 1 unspecified atom stereocenters. The van der Waals surface area contributed by atoms with Crippen LogP contribution in [0.3, 0.4) is 0 Å². The highest BCUT2D eigenvalue weighted by atomic mass is 19.1. The molecule has 1 aliphatic rings. The molecular formula is C30H35FN2O2. The number of halogens is 1. The minimum atomic E-state index is -0.404. The number of likely N-dealkylation sites (tertiary alicyclic amines) is 1. The molecule has 3 aromatic carbocycles. The molecule has 1 atom stereocenters. The van der Waals surface area contributed by atoms with E-state index in [0.29, 0.717) is 24.4 Å². The van der Waals surface area contributed by atoms with Gasteiger partial charge in [0.05, 0.1) is 7.11 Å². The molecule has 4 rings (SSSR count). The number of nitrogens with zero attached hydrogens (tertiary/aromatic N) is 2. The molecule has 0 spiro atoms. The molecule has 5 heteroatoms. The van der Waals surface area contributed by atoms with E-state index in [2.05, 4.69) is 41.3 Å². The van der Waals surface area contributed by atoms with Gasteiger partial charge in [0.25, 0.3) is 5.91 Å². The number of methoxy groups -OCH3 is 1. The van der Waals surface area contributed by atoms with E-state index in [1.54, 1.807) is 13.2 Å². The molecule has 0 N–H and O–H groups in total. The first-order valence-corrected chi connectivity index (χ1v) is 12.5. The van der Waals surface area contributed by atoms with E-state index in [9.17, 15) is 9.18 Å². The lowest BCUT2D eigenvalue weighted by Crippen LogP contribution is -2.46. The van der Waals surface area contributed by atoms with Gasteiger partial charge in [0, 0.05) is 43.2 Å². The van der Waals surface area contributed by atoms with Gasteiger partial charge in [-0.2, -0.15) is 0 Å². The van der Waals surface area contributed by atoms with Gasteiger partial charge in [-0.05, 0) is 74.2 Å². The fraction of sp³-hybridized carbons (Fsp3) is 0.367. The van der Waals surface area contributed by atoms with E-state index >= 15 is 0 Å². The van der Waals surface area contributed by atoms with Crippen molar-refractivity contribution in [1.29, 1.82) is 0 Å². The van der Waals surface area contributed by atoms with E-state index in [0.717, 1.165) is 43.6 Å². The van der Waals surface area contributed by atoms with E-state index in [1.165, 1.54) is 11.6 Å². The minimum Gasteiger partial charge on any atom is -0.497 e. The van der Waals surface area contributed by atoms with Crippen molar-refractivity contribution in [3.63, 3.8) is 0 Å². The number of hydrogen-bond donors (Lipinski definition) is 0. The largest absolute Gasteiger partial charge is 0.497 e. The quantitative estimate of drug-likeness (QED) is 0.408. The van der Waals surface area contributed by atoms with Crippen molar-refractivity contribution in [2.75, 3.05) is 33.3 Å². The summed E-state index contributed by atoms with van der Waals surface area (Å²) < 4.78 is 20.1. The summed E-state index contributed by atoms with van der Waals surface area (Å²) in [5.41, 5.74) is 3.55. The van der Waals surface area contributed by atoms with Crippen LogP contribution in [0.1, 0.15) is 53.7 Å². The molecule has 1 aliphatic heterocycles. The zero-order valence-corrected chi connectivity index (χ0v) is 21.0. The molecule has 3 aromatic rings. The molecule has 1 amide bonds. The summed E-state index contributed by atoms with van der Waals surface area (Å²) in [5, 5.41) is 0. The predicted octanol–water partition coefficient (Wildman–Crippen LogP) is 5.90. The maximum absolute atomic E-state index is 14.7. The van der Waals surface area contributed by atoms with E-state index < -0.39 is 5.41 Å². The van der Waals surface area contributed by atoms with Crippen LogP contribution in [-0.2, 0) is 12.0 Å². The zero-order chi connectivity index (χ0) is 24.8. The average molecular weight is 475 g/mol. The molecule has 0 aromatic heterocycles. The fourth-order valence-electron chi connectivity index (χ4n) is 5.34. The van der Waals surface area contributed by atoms with Crippen molar-refractivity contribution in [3.8, 4) is 5.75 Å². The van der Waals surface area contributed by atoms with Crippen molar-refractivity contribution < 1.29 is 13.9 Å². The predicted molar refractivity (Wildman–Crippen MR) is 138 cm³/mol. The van der Waals surface area contributed by atoms with Crippen LogP contribution in [0.2, 0.25) is 0 Å². The Hall–Kier alpha value is -3.18. The van der Waals surface area contributed by atoms with Crippen molar-refractivity contribution >= 4 is 5.91 Å². The van der Waals surface area contributed by atoms with Crippen LogP contribution in [0.4, 0.5) is 4.39 Å². The van der Waals surface area contributed by atoms with Crippen molar-refractivity contribution in [2.24, 2.45) is 0 Å². The second kappa shape index (κ2) is 11.0. The Morgan fingerprint density at radius 1 is 1.00 bits per heavy atom. The molecule has 4 nitrogen and oxygen atoms in total. The van der Waals surface area contributed by atoms with Gasteiger partial charge in [-0.25, -0.2) is 4.39 Å². The molecule has 1 saturated heterocycles. The number of carbonyl (C=O) groups is 1. The van der Waals surface area contributed by atoms with Crippen molar-refractivity contribution in [1.82, 2.24) is 9.80 Å². The van der Waals surface area contributed by atoms with Crippen LogP contribution in [-0.4, -0.2) is 49.0 Å². The Morgan fingerprint density at radius 2 is 1.71 bits per heavy atom. The SMILES string of the molecule is CCN(CC)C(=O)c1ccc(C2(c3cc(F)cc(OC)c3)CCCN(Cc3ccccc3)C2)cc1. The van der Waals surface area contributed by atoms with Crippen molar-refractivity contribution in [2.45, 2.75) is 38.6 Å². The van der Waals surface area contributed by atoms with Gasteiger partial charge < -0.3 is 9.64 Å². The number of ether oxygens (including phenoxy) is 1. The van der Waals surface area contributed by atoms with Gasteiger partial charge in [0.15, 0.2) is 0 Å². The van der Waals surface area contributed by atoms with E-state index in [-0.39, 0.29) is 11.7 Å². The number of amides is 1. The van der Waals surface area contributed by atoms with Crippen LogP contribution in [0, 0.1) is 5.82 Å². The highest BCUT2D eigenvalue weighted by molar-refractivity contribution is 5.94. The second-order valence-electron chi connectivity index (χ2n) is 9.32. The minimum absolute atomic E-state index is 0.0392. The highest BCUT2D eigenvalue weighted by Crippen LogP contribution is 2.42. The molecule has 35 heavy (non-hydrogen) atoms. The zero-order valence-electron chi connectivity index (χ0n) is 21.0. The van der Waals surface area contributed by atoms with Crippen LogP contribution in [0.25, 0.3) is 0 Å². The topological polar surface area (TPSA) is 32.8 Å². The molecule has 0 saturated carbocycles. The summed E-state index contributed by atoms with van der Waals surface area (Å²) in [6.07, 6.45) is 1.89. The Morgan fingerprint density at radius 3 is 2.37 bits per heavy atom. The third-order valence-electron chi connectivity index (χ3n) is 7.22. The first-order valence-electron chi connectivity index (χ1n) is 12.5. The first-order chi connectivity index (χ1) is 17.0. The van der Waals surface area contributed by atoms with E-state index in [4.69, 9.17) is 4.74 Å². The highest BCUT2D eigenvalue weighted by Gasteiger charge is 2.39. The third kappa shape index (κ3) is 5.40. The molecule has 0 bridgehead atoms. The van der Waals surface area contributed by atoms with Gasteiger partial charge in [-0.3, -0.25) is 9.69 Å². The number of carbonyl (C=O) groups excluding carboxylic acids is 1. The summed E-state index contributed by atoms with van der Waals surface area (Å²) in [7, 11) is 1.57. The standard InChI is InChI=1S/C30H35FN2O2/c1-4-33(5-2)29(34)24-12-14-25(15-13-24)30(26-18-27(31)20-28(19-26)35-3)16-9-17-32(22-30)21-23-10-7-6-8-11-23/h6-8,10-15,18-20H,4-5,9,16-17,21-22H2,1-3H3. The lowest BCUT2D eigenvalue weighted by Gasteiger charge is -2.44. The van der Waals surface area contributed by atoms with Crippen LogP contribution in [0.5, 0.6) is 5.75 Å². The Balaban J connectivity index is 1.74. The molecule has 184 valence electrons. The lowest BCUT2D eigenvalue weighted by atomic mass is 9.69. The van der Waals surface area contributed by atoms with Crippen molar-refractivity contribution in [3.05, 3.63) is 101 Å². The summed E-state index contributed by atoms with van der Waals surface area (Å²) in [6, 6.07) is 23.4. The molecule has 1 heterocycles. The monoisotopic (exact) mass is 474 g/mol. The maximum atomic E-state index is 14.7. The molecule has 0 radical (unpaired) electrons. The summed E-state index contributed by atoms with van der Waals surface area (Å²) >= 11 is 0. The smallest absolute Gasteiger partial charge is 0.253 e. The Bertz CT molecular complexity index is 1130. The van der Waals surface area contributed by atoms with Gasteiger partial charge in [0.2, 0.25) is 0 Å². The summed E-state index contributed by atoms with van der Waals surface area (Å²) in [5.74, 6) is 0.262. The summed E-state index contributed by atoms with van der Waals surface area (Å²) in [4.78, 5) is 17.2. The van der Waals surface area contributed by atoms with Crippen LogP contribution < -0.4 is 4.74 Å². The number of benzene rings is 3. The summed E-state index contributed by atoms with van der Waals surface area (Å²) in [6.45, 7) is 7.93. The van der Waals surface area contributed by atoms with Gasteiger partial charge >= 0.3 is 0 Å². The molecule has 0 aliphatic carbocycles. The Kier molecular flexibility index (Phi) is 7.86. The van der Waals surface area contributed by atoms with Gasteiger partial charge in [-0.1, -0.05) is 42.5 Å². The van der Waals surface area contributed by atoms with Crippen LogP contribution >= 0.6 is 0 Å². The van der Waals surface area contributed by atoms with Gasteiger partial charge in [0.1, 0.15) is 11.6 Å². The molecule has 1 fully saturated rings. The molecular weight excluding hydrogens is 439 g/mol. The van der Waals surface area contributed by atoms with E-state index in [1.807, 2.05) is 43.0 Å². The number of piperidine rings is 1. The average Bonchev–Trinajstić information content (AvgIpc) is 2.89.